The number of hydrogen-bond donors (Lipinski definition) is 1. The largest absolute Gasteiger partial charge is 0.367 e. The molecule has 0 aliphatic carbocycles. The van der Waals surface area contributed by atoms with Crippen LogP contribution in [0.2, 0.25) is 0 Å². The summed E-state index contributed by atoms with van der Waals surface area (Å²) in [6, 6.07) is 3.09. The van der Waals surface area contributed by atoms with Gasteiger partial charge in [-0.15, -0.1) is 0 Å². The minimum absolute atomic E-state index is 0.424. The summed E-state index contributed by atoms with van der Waals surface area (Å²) in [5.74, 6) is -4.25. The number of carbonyl (C=O) groups is 1. The molecule has 2 heterocycles. The maximum atomic E-state index is 13.7. The van der Waals surface area contributed by atoms with Crippen LogP contribution in [0.25, 0.3) is 0 Å². The van der Waals surface area contributed by atoms with Gasteiger partial charge in [0.2, 0.25) is 0 Å². The van der Waals surface area contributed by atoms with E-state index in [1.165, 1.54) is 0 Å². The Morgan fingerprint density at radius 1 is 1.17 bits per heavy atom. The van der Waals surface area contributed by atoms with Crippen LogP contribution in [0.5, 0.6) is 0 Å². The molecule has 1 N–H and O–H groups in total. The molecule has 23 heavy (non-hydrogen) atoms. The van der Waals surface area contributed by atoms with Crippen molar-refractivity contribution in [3.8, 4) is 0 Å². The van der Waals surface area contributed by atoms with E-state index in [4.69, 9.17) is 0 Å². The summed E-state index contributed by atoms with van der Waals surface area (Å²) in [4.78, 5) is 17.5. The number of ketones is 1. The summed E-state index contributed by atoms with van der Waals surface area (Å²) < 4.78 is 40.4. The van der Waals surface area contributed by atoms with Gasteiger partial charge in [-0.3, -0.25) is 9.69 Å². The van der Waals surface area contributed by atoms with Crippen LogP contribution in [-0.2, 0) is 6.54 Å². The van der Waals surface area contributed by atoms with Crippen molar-refractivity contribution in [2.75, 3.05) is 13.1 Å². The molecule has 1 aliphatic heterocycles. The first kappa shape index (κ1) is 15.8. The molecule has 3 nitrogen and oxygen atoms in total. The number of Topliss-reactive ketones (excluding diaryl/α,β-unsaturated/α-hetero) is 1. The zero-order valence-corrected chi connectivity index (χ0v) is 12.5. The fraction of sp³-hybridized carbons (Fsp3) is 0.353. The maximum Gasteiger partial charge on any atom is 0.171 e. The number of nitrogens with zero attached hydrogens (tertiary/aromatic N) is 1. The standard InChI is InChI=1S/C17H17F3N2O/c18-13-7-14(19)16(15(20)8-13)17(23)12-2-5-22(6-3-12)10-11-1-4-21-9-11/h1,4,7-9,12,21H,2-3,5-6,10H2. The Bertz CT molecular complexity index is 669. The molecule has 1 aromatic heterocycles. The van der Waals surface area contributed by atoms with Gasteiger partial charge in [-0.2, -0.15) is 0 Å². The molecule has 0 saturated carbocycles. The van der Waals surface area contributed by atoms with E-state index in [2.05, 4.69) is 9.88 Å². The predicted octanol–water partition coefficient (Wildman–Crippen LogP) is 3.53. The van der Waals surface area contributed by atoms with Crippen LogP contribution in [0.4, 0.5) is 13.2 Å². The minimum atomic E-state index is -1.12. The lowest BCUT2D eigenvalue weighted by molar-refractivity contribution is 0.0826. The number of aromatic nitrogens is 1. The highest BCUT2D eigenvalue weighted by Crippen LogP contribution is 2.26. The van der Waals surface area contributed by atoms with Gasteiger partial charge in [-0.1, -0.05) is 0 Å². The van der Waals surface area contributed by atoms with Crippen molar-refractivity contribution in [3.63, 3.8) is 0 Å². The molecule has 0 radical (unpaired) electrons. The molecule has 0 bridgehead atoms. The Balaban J connectivity index is 1.64. The number of rotatable bonds is 4. The molecule has 0 unspecified atom stereocenters. The summed E-state index contributed by atoms with van der Waals surface area (Å²) in [6.07, 6.45) is 4.85. The number of H-pyrrole nitrogens is 1. The SMILES string of the molecule is O=C(c1c(F)cc(F)cc1F)C1CCN(Cc2cc[nH]c2)CC1. The first-order valence-electron chi connectivity index (χ1n) is 7.57. The van der Waals surface area contributed by atoms with Crippen LogP contribution in [-0.4, -0.2) is 28.8 Å². The second-order valence-electron chi connectivity index (χ2n) is 5.88. The van der Waals surface area contributed by atoms with Gasteiger partial charge in [0.05, 0.1) is 5.56 Å². The van der Waals surface area contributed by atoms with E-state index < -0.39 is 34.7 Å². The third-order valence-corrected chi connectivity index (χ3v) is 4.28. The normalized spacial score (nSPS) is 16.7. The first-order valence-corrected chi connectivity index (χ1v) is 7.57. The number of hydrogen-bond acceptors (Lipinski definition) is 2. The van der Waals surface area contributed by atoms with E-state index in [0.717, 1.165) is 12.1 Å². The molecular formula is C17H17F3N2O. The van der Waals surface area contributed by atoms with Gasteiger partial charge in [0.1, 0.15) is 17.5 Å². The quantitative estimate of drug-likeness (QED) is 0.874. The number of piperidine rings is 1. The van der Waals surface area contributed by atoms with Crippen LogP contribution in [0.3, 0.4) is 0 Å². The number of likely N-dealkylation sites (tertiary alicyclic amines) is 1. The highest BCUT2D eigenvalue weighted by atomic mass is 19.1. The average molecular weight is 322 g/mol. The predicted molar refractivity (Wildman–Crippen MR) is 79.4 cm³/mol. The fourth-order valence-corrected chi connectivity index (χ4v) is 3.05. The van der Waals surface area contributed by atoms with Gasteiger partial charge in [-0.25, -0.2) is 13.2 Å². The fourth-order valence-electron chi connectivity index (χ4n) is 3.05. The second kappa shape index (κ2) is 6.58. The van der Waals surface area contributed by atoms with Crippen molar-refractivity contribution in [2.24, 2.45) is 5.92 Å². The lowest BCUT2D eigenvalue weighted by Crippen LogP contribution is -2.36. The monoisotopic (exact) mass is 322 g/mol. The number of benzene rings is 1. The van der Waals surface area contributed by atoms with Crippen molar-refractivity contribution in [3.05, 3.63) is 59.2 Å². The number of aromatic amines is 1. The molecule has 0 spiro atoms. The van der Waals surface area contributed by atoms with E-state index in [1.54, 1.807) is 0 Å². The Labute approximate surface area is 132 Å². The molecule has 2 aromatic rings. The molecule has 122 valence electrons. The van der Waals surface area contributed by atoms with Gasteiger partial charge in [-0.05, 0) is 37.6 Å². The van der Waals surface area contributed by atoms with Gasteiger partial charge >= 0.3 is 0 Å². The van der Waals surface area contributed by atoms with E-state index in [1.807, 2.05) is 18.5 Å². The molecule has 1 saturated heterocycles. The summed E-state index contributed by atoms with van der Waals surface area (Å²) in [5.41, 5.74) is 0.542. The van der Waals surface area contributed by atoms with Crippen molar-refractivity contribution in [2.45, 2.75) is 19.4 Å². The maximum absolute atomic E-state index is 13.7. The minimum Gasteiger partial charge on any atom is -0.367 e. The summed E-state index contributed by atoms with van der Waals surface area (Å²) in [7, 11) is 0. The van der Waals surface area contributed by atoms with Crippen molar-refractivity contribution in [1.29, 1.82) is 0 Å². The van der Waals surface area contributed by atoms with E-state index in [0.29, 0.717) is 38.1 Å². The van der Waals surface area contributed by atoms with Crippen molar-refractivity contribution < 1.29 is 18.0 Å². The third kappa shape index (κ3) is 3.47. The van der Waals surface area contributed by atoms with Crippen LogP contribution in [0.15, 0.2) is 30.6 Å². The topological polar surface area (TPSA) is 36.1 Å². The average Bonchev–Trinajstić information content (AvgIpc) is 2.99. The zero-order valence-electron chi connectivity index (χ0n) is 12.5. The number of carbonyl (C=O) groups excluding carboxylic acids is 1. The van der Waals surface area contributed by atoms with E-state index in [9.17, 15) is 18.0 Å². The van der Waals surface area contributed by atoms with Gasteiger partial charge in [0.25, 0.3) is 0 Å². The third-order valence-electron chi connectivity index (χ3n) is 4.28. The molecule has 1 aromatic carbocycles. The summed E-state index contributed by atoms with van der Waals surface area (Å²) in [6.45, 7) is 2.15. The number of halogens is 3. The molecule has 1 aliphatic rings. The smallest absolute Gasteiger partial charge is 0.171 e. The Morgan fingerprint density at radius 2 is 1.83 bits per heavy atom. The lowest BCUT2D eigenvalue weighted by Gasteiger charge is -2.31. The van der Waals surface area contributed by atoms with Crippen molar-refractivity contribution in [1.82, 2.24) is 9.88 Å². The highest BCUT2D eigenvalue weighted by molar-refractivity contribution is 5.98. The Morgan fingerprint density at radius 3 is 2.39 bits per heavy atom. The molecule has 1 fully saturated rings. The van der Waals surface area contributed by atoms with Crippen LogP contribution >= 0.6 is 0 Å². The van der Waals surface area contributed by atoms with Gasteiger partial charge in [0.15, 0.2) is 5.78 Å². The summed E-state index contributed by atoms with van der Waals surface area (Å²) in [5, 5.41) is 0. The zero-order chi connectivity index (χ0) is 16.4. The summed E-state index contributed by atoms with van der Waals surface area (Å²) >= 11 is 0. The Kier molecular flexibility index (Phi) is 4.52. The molecule has 0 amide bonds. The van der Waals surface area contributed by atoms with Crippen LogP contribution in [0.1, 0.15) is 28.8 Å². The molecule has 3 rings (SSSR count). The molecule has 0 atom stereocenters. The second-order valence-corrected chi connectivity index (χ2v) is 5.88. The van der Waals surface area contributed by atoms with Gasteiger partial charge < -0.3 is 4.98 Å². The van der Waals surface area contributed by atoms with E-state index >= 15 is 0 Å². The highest BCUT2D eigenvalue weighted by Gasteiger charge is 2.29. The van der Waals surface area contributed by atoms with Crippen LogP contribution in [0, 0.1) is 23.4 Å². The van der Waals surface area contributed by atoms with E-state index in [-0.39, 0.29) is 0 Å². The Hall–Kier alpha value is -2.08. The van der Waals surface area contributed by atoms with Gasteiger partial charge in [0, 0.05) is 37.0 Å². The number of nitrogens with one attached hydrogen (secondary N) is 1. The lowest BCUT2D eigenvalue weighted by atomic mass is 9.88. The van der Waals surface area contributed by atoms with Crippen LogP contribution < -0.4 is 0 Å². The first-order chi connectivity index (χ1) is 11.0. The van der Waals surface area contributed by atoms with Crippen molar-refractivity contribution >= 4 is 5.78 Å². The molecular weight excluding hydrogens is 305 g/mol. The molecule has 6 heteroatoms.